The summed E-state index contributed by atoms with van der Waals surface area (Å²) < 4.78 is 16.9. The van der Waals surface area contributed by atoms with Gasteiger partial charge < -0.3 is 24.2 Å². The van der Waals surface area contributed by atoms with Crippen LogP contribution in [0.1, 0.15) is 46.6 Å². The molecule has 8 nitrogen and oxygen atoms in total. The van der Waals surface area contributed by atoms with E-state index in [0.717, 1.165) is 11.1 Å². The number of methoxy groups -OCH3 is 1. The Kier molecular flexibility index (Phi) is 7.86. The molecule has 1 aliphatic heterocycles. The number of nitrogens with one attached hydrogen (secondary N) is 1. The number of aromatic hydroxyl groups is 1. The number of carbonyl (C=O) groups is 1. The van der Waals surface area contributed by atoms with Crippen LogP contribution in [0.5, 0.6) is 17.2 Å². The zero-order chi connectivity index (χ0) is 25.8. The normalized spacial score (nSPS) is 14.7. The van der Waals surface area contributed by atoms with Gasteiger partial charge >= 0.3 is 0 Å². The van der Waals surface area contributed by atoms with Gasteiger partial charge in [-0.3, -0.25) is 9.89 Å². The average molecular weight is 512 g/mol. The molecule has 2 N–H and O–H groups in total. The van der Waals surface area contributed by atoms with Crippen LogP contribution >= 0.6 is 11.6 Å². The van der Waals surface area contributed by atoms with E-state index in [-0.39, 0.29) is 11.7 Å². The standard InChI is InChI=1S/C27H30ClN3O5/c1-5-11-36-21-9-8-17(14-22(21)35-6-2)26-23-24(18-15-19(28)16(3)13-20(18)32)29-30-25(23)27(33)31(26)10-7-12-34-4/h5,8-9,13-15,26,32H,1,6-7,10-12H2,2-4H3,(H,29,30). The summed E-state index contributed by atoms with van der Waals surface area (Å²) in [6.07, 6.45) is 2.33. The second kappa shape index (κ2) is 11.1. The zero-order valence-corrected chi connectivity index (χ0v) is 21.4. The van der Waals surface area contributed by atoms with Crippen molar-refractivity contribution >= 4 is 17.5 Å². The average Bonchev–Trinajstić information content (AvgIpc) is 3.40. The molecule has 190 valence electrons. The highest BCUT2D eigenvalue weighted by Gasteiger charge is 2.42. The van der Waals surface area contributed by atoms with Crippen LogP contribution in [-0.2, 0) is 4.74 Å². The van der Waals surface area contributed by atoms with Crippen molar-refractivity contribution < 1.29 is 24.1 Å². The highest BCUT2D eigenvalue weighted by Crippen LogP contribution is 2.46. The second-order valence-corrected chi connectivity index (χ2v) is 8.87. The summed E-state index contributed by atoms with van der Waals surface area (Å²) in [7, 11) is 1.63. The quantitative estimate of drug-likeness (QED) is 0.268. The molecule has 0 spiro atoms. The number of hydrogen-bond acceptors (Lipinski definition) is 6. The van der Waals surface area contributed by atoms with E-state index in [1.165, 1.54) is 0 Å². The van der Waals surface area contributed by atoms with Gasteiger partial charge in [0.25, 0.3) is 5.91 Å². The SMILES string of the molecule is C=CCOc1ccc(C2c3c(-c4cc(Cl)c(C)cc4O)n[nH]c3C(=O)N2CCCOC)cc1OCC. The Morgan fingerprint density at radius 3 is 2.78 bits per heavy atom. The van der Waals surface area contributed by atoms with Crippen LogP contribution in [-0.4, -0.2) is 59.6 Å². The molecule has 1 amide bonds. The van der Waals surface area contributed by atoms with Crippen molar-refractivity contribution in [1.82, 2.24) is 15.1 Å². The van der Waals surface area contributed by atoms with Crippen molar-refractivity contribution in [3.05, 3.63) is 70.4 Å². The molecule has 0 bridgehead atoms. The highest BCUT2D eigenvalue weighted by molar-refractivity contribution is 6.31. The fourth-order valence-corrected chi connectivity index (χ4v) is 4.61. The maximum absolute atomic E-state index is 13.5. The number of ether oxygens (including phenoxy) is 3. The molecule has 1 unspecified atom stereocenters. The molecule has 36 heavy (non-hydrogen) atoms. The molecule has 2 heterocycles. The van der Waals surface area contributed by atoms with Gasteiger partial charge in [-0.2, -0.15) is 5.10 Å². The predicted octanol–water partition coefficient (Wildman–Crippen LogP) is 5.29. The Labute approximate surface area is 215 Å². The summed E-state index contributed by atoms with van der Waals surface area (Å²) in [5.74, 6) is 1.03. The number of aryl methyl sites for hydroxylation is 1. The summed E-state index contributed by atoms with van der Waals surface area (Å²) in [6, 6.07) is 8.44. The number of phenols is 1. The Hall–Kier alpha value is -3.49. The van der Waals surface area contributed by atoms with E-state index < -0.39 is 6.04 Å². The number of halogens is 1. The fraction of sp³-hybridized carbons (Fsp3) is 0.333. The number of H-pyrrole nitrogens is 1. The molecule has 1 aromatic heterocycles. The molecule has 9 heteroatoms. The number of hydrogen-bond donors (Lipinski definition) is 2. The number of nitrogens with zero attached hydrogens (tertiary/aromatic N) is 2. The van der Waals surface area contributed by atoms with Crippen LogP contribution in [0, 0.1) is 6.92 Å². The number of aromatic nitrogens is 2. The van der Waals surface area contributed by atoms with Gasteiger partial charge in [-0.05, 0) is 55.7 Å². The van der Waals surface area contributed by atoms with Gasteiger partial charge in [0.15, 0.2) is 11.5 Å². The minimum absolute atomic E-state index is 0.0402. The first-order valence-electron chi connectivity index (χ1n) is 11.8. The maximum atomic E-state index is 13.5. The smallest absolute Gasteiger partial charge is 0.273 e. The lowest BCUT2D eigenvalue weighted by molar-refractivity contribution is 0.0723. The zero-order valence-electron chi connectivity index (χ0n) is 20.6. The fourth-order valence-electron chi connectivity index (χ4n) is 4.45. The second-order valence-electron chi connectivity index (χ2n) is 8.47. The summed E-state index contributed by atoms with van der Waals surface area (Å²) in [4.78, 5) is 15.3. The minimum Gasteiger partial charge on any atom is -0.507 e. The van der Waals surface area contributed by atoms with Crippen molar-refractivity contribution in [2.24, 2.45) is 0 Å². The van der Waals surface area contributed by atoms with Crippen molar-refractivity contribution in [2.75, 3.05) is 33.5 Å². The van der Waals surface area contributed by atoms with Gasteiger partial charge in [0.1, 0.15) is 23.7 Å². The summed E-state index contributed by atoms with van der Waals surface area (Å²) in [5, 5.41) is 18.6. The molecule has 0 fully saturated rings. The van der Waals surface area contributed by atoms with E-state index in [1.54, 1.807) is 30.2 Å². The van der Waals surface area contributed by atoms with Gasteiger partial charge in [-0.25, -0.2) is 0 Å². The Balaban J connectivity index is 1.86. The Morgan fingerprint density at radius 1 is 1.25 bits per heavy atom. The van der Waals surface area contributed by atoms with E-state index in [4.69, 9.17) is 25.8 Å². The van der Waals surface area contributed by atoms with Crippen LogP contribution < -0.4 is 9.47 Å². The molecule has 0 saturated carbocycles. The lowest BCUT2D eigenvalue weighted by atomic mass is 9.95. The molecule has 0 aliphatic carbocycles. The van der Waals surface area contributed by atoms with Crippen LogP contribution in [0.25, 0.3) is 11.3 Å². The number of rotatable bonds is 11. The van der Waals surface area contributed by atoms with Crippen LogP contribution in [0.2, 0.25) is 5.02 Å². The third kappa shape index (κ3) is 4.79. The van der Waals surface area contributed by atoms with E-state index >= 15 is 0 Å². The third-order valence-corrected chi connectivity index (χ3v) is 6.49. The number of fused-ring (bicyclic) bond motifs is 1. The monoisotopic (exact) mass is 511 g/mol. The largest absolute Gasteiger partial charge is 0.507 e. The van der Waals surface area contributed by atoms with Crippen LogP contribution in [0.15, 0.2) is 43.0 Å². The topological polar surface area (TPSA) is 96.9 Å². The van der Waals surface area contributed by atoms with Gasteiger partial charge in [0, 0.05) is 36.4 Å². The highest BCUT2D eigenvalue weighted by atomic mass is 35.5. The minimum atomic E-state index is -0.467. The molecular weight excluding hydrogens is 482 g/mol. The molecule has 1 atom stereocenters. The first kappa shape index (κ1) is 25.6. The lowest BCUT2D eigenvalue weighted by Gasteiger charge is -2.27. The van der Waals surface area contributed by atoms with Crippen molar-refractivity contribution in [2.45, 2.75) is 26.3 Å². The molecule has 0 radical (unpaired) electrons. The van der Waals surface area contributed by atoms with Gasteiger partial charge in [-0.1, -0.05) is 30.3 Å². The number of carbonyl (C=O) groups excluding carboxylic acids is 1. The summed E-state index contributed by atoms with van der Waals surface area (Å²) >= 11 is 6.39. The molecule has 2 aromatic carbocycles. The number of aromatic amines is 1. The van der Waals surface area contributed by atoms with Crippen LogP contribution in [0.3, 0.4) is 0 Å². The molecule has 1 aliphatic rings. The summed E-state index contributed by atoms with van der Waals surface area (Å²) in [6.45, 7) is 9.20. The Morgan fingerprint density at radius 2 is 2.06 bits per heavy atom. The lowest BCUT2D eigenvalue weighted by Crippen LogP contribution is -2.31. The van der Waals surface area contributed by atoms with Gasteiger partial charge in [-0.15, -0.1) is 0 Å². The Bertz CT molecular complexity index is 1270. The van der Waals surface area contributed by atoms with Gasteiger partial charge in [0.05, 0.1) is 12.6 Å². The van der Waals surface area contributed by atoms with Crippen LogP contribution in [0.4, 0.5) is 0 Å². The molecular formula is C27H30ClN3O5. The third-order valence-electron chi connectivity index (χ3n) is 6.08. The van der Waals surface area contributed by atoms with E-state index in [9.17, 15) is 9.90 Å². The predicted molar refractivity (Wildman–Crippen MR) is 138 cm³/mol. The summed E-state index contributed by atoms with van der Waals surface area (Å²) in [5.41, 5.74) is 3.56. The number of phenolic OH excluding ortho intramolecular Hbond substituents is 1. The number of amides is 1. The van der Waals surface area contributed by atoms with Crippen molar-refractivity contribution in [3.63, 3.8) is 0 Å². The van der Waals surface area contributed by atoms with E-state index in [1.807, 2.05) is 32.0 Å². The molecule has 3 aromatic rings. The van der Waals surface area contributed by atoms with Crippen molar-refractivity contribution in [3.8, 4) is 28.5 Å². The molecule has 0 saturated heterocycles. The van der Waals surface area contributed by atoms with Crippen molar-refractivity contribution in [1.29, 1.82) is 0 Å². The van der Waals surface area contributed by atoms with E-state index in [2.05, 4.69) is 16.8 Å². The first-order valence-corrected chi connectivity index (χ1v) is 12.2. The van der Waals surface area contributed by atoms with E-state index in [0.29, 0.717) is 71.8 Å². The molecule has 4 rings (SSSR count). The first-order chi connectivity index (χ1) is 17.4. The van der Waals surface area contributed by atoms with Gasteiger partial charge in [0.2, 0.25) is 0 Å². The number of benzene rings is 2. The maximum Gasteiger partial charge on any atom is 0.273 e.